The van der Waals surface area contributed by atoms with Crippen LogP contribution in [0, 0.1) is 5.92 Å². The number of carboxylic acid groups (broad SMARTS) is 1. The van der Waals surface area contributed by atoms with Crippen LogP contribution in [0.25, 0.3) is 0 Å². The zero-order chi connectivity index (χ0) is 17.7. The summed E-state index contributed by atoms with van der Waals surface area (Å²) in [6, 6.07) is 11.4. The zero-order valence-corrected chi connectivity index (χ0v) is 13.6. The zero-order valence-electron chi connectivity index (χ0n) is 13.6. The number of hydrogen-bond donors (Lipinski definition) is 2. The molecule has 24 heavy (non-hydrogen) atoms. The molecule has 6 nitrogen and oxygen atoms in total. The number of carbonyl (C=O) groups is 2. The van der Waals surface area contributed by atoms with Crippen molar-refractivity contribution in [2.24, 2.45) is 13.0 Å². The summed E-state index contributed by atoms with van der Waals surface area (Å²) < 4.78 is 1.36. The van der Waals surface area contributed by atoms with Crippen LogP contribution in [0.1, 0.15) is 22.8 Å². The number of carboxylic acids is 1. The maximum absolute atomic E-state index is 12.2. The molecular weight excluding hydrogens is 308 g/mol. The van der Waals surface area contributed by atoms with Crippen LogP contribution in [-0.2, 0) is 18.3 Å². The molecule has 0 fully saturated rings. The first-order valence-electron chi connectivity index (χ1n) is 7.62. The van der Waals surface area contributed by atoms with Crippen molar-refractivity contribution in [2.45, 2.75) is 19.4 Å². The van der Waals surface area contributed by atoms with Gasteiger partial charge in [0.15, 0.2) is 0 Å². The third kappa shape index (κ3) is 4.32. The fourth-order valence-electron chi connectivity index (χ4n) is 2.43. The molecule has 0 spiro atoms. The average Bonchev–Trinajstić information content (AvgIpc) is 2.55. The van der Waals surface area contributed by atoms with Crippen LogP contribution in [0.3, 0.4) is 0 Å². The lowest BCUT2D eigenvalue weighted by Gasteiger charge is -2.21. The van der Waals surface area contributed by atoms with Crippen molar-refractivity contribution in [1.82, 2.24) is 9.88 Å². The molecule has 1 heterocycles. The lowest BCUT2D eigenvalue weighted by molar-refractivity contribution is -0.142. The molecule has 0 saturated heterocycles. The third-order valence-corrected chi connectivity index (χ3v) is 3.94. The first-order chi connectivity index (χ1) is 11.4. The Morgan fingerprint density at radius 1 is 1.21 bits per heavy atom. The lowest BCUT2D eigenvalue weighted by Crippen LogP contribution is -2.42. The number of carbonyl (C=O) groups excluding carboxylic acids is 1. The van der Waals surface area contributed by atoms with Gasteiger partial charge >= 0.3 is 5.97 Å². The van der Waals surface area contributed by atoms with Crippen molar-refractivity contribution in [1.29, 1.82) is 0 Å². The Morgan fingerprint density at radius 2 is 1.88 bits per heavy atom. The minimum Gasteiger partial charge on any atom is -0.481 e. The molecule has 2 rings (SSSR count). The van der Waals surface area contributed by atoms with Crippen LogP contribution in [0.15, 0.2) is 53.5 Å². The van der Waals surface area contributed by atoms with Gasteiger partial charge in [0.05, 0.1) is 5.92 Å². The van der Waals surface area contributed by atoms with Gasteiger partial charge in [-0.1, -0.05) is 30.3 Å². The number of aryl methyl sites for hydroxylation is 1. The number of aliphatic carboxylic acids is 1. The molecule has 2 atom stereocenters. The maximum atomic E-state index is 12.2. The van der Waals surface area contributed by atoms with Crippen molar-refractivity contribution < 1.29 is 14.7 Å². The van der Waals surface area contributed by atoms with E-state index < -0.39 is 23.8 Å². The molecule has 126 valence electrons. The molecule has 0 aliphatic carbocycles. The van der Waals surface area contributed by atoms with E-state index in [1.165, 1.54) is 22.9 Å². The van der Waals surface area contributed by atoms with Crippen LogP contribution >= 0.6 is 0 Å². The molecule has 2 unspecified atom stereocenters. The number of aromatic nitrogens is 1. The number of nitrogens with zero attached hydrogens (tertiary/aromatic N) is 1. The Hall–Kier alpha value is -2.89. The van der Waals surface area contributed by atoms with Crippen molar-refractivity contribution in [3.05, 3.63) is 70.1 Å². The summed E-state index contributed by atoms with van der Waals surface area (Å²) in [6.07, 6.45) is 1.81. The molecule has 0 bridgehead atoms. The highest BCUT2D eigenvalue weighted by molar-refractivity contribution is 5.94. The van der Waals surface area contributed by atoms with E-state index in [1.54, 1.807) is 14.0 Å². The van der Waals surface area contributed by atoms with Crippen molar-refractivity contribution >= 4 is 11.9 Å². The summed E-state index contributed by atoms with van der Waals surface area (Å²) in [4.78, 5) is 35.4. The molecule has 2 aromatic rings. The number of rotatable bonds is 6. The summed E-state index contributed by atoms with van der Waals surface area (Å²) in [5, 5.41) is 12.1. The Balaban J connectivity index is 2.11. The SMILES string of the molecule is CC(NC(=O)c1ccn(C)c(=O)c1)C(Cc1ccccc1)C(=O)O. The predicted octanol–water partition coefficient (Wildman–Crippen LogP) is 1.45. The van der Waals surface area contributed by atoms with E-state index in [9.17, 15) is 19.5 Å². The molecule has 1 amide bonds. The number of benzene rings is 1. The fraction of sp³-hybridized carbons (Fsp3) is 0.278. The quantitative estimate of drug-likeness (QED) is 0.840. The molecule has 0 aliphatic rings. The maximum Gasteiger partial charge on any atom is 0.308 e. The summed E-state index contributed by atoms with van der Waals surface area (Å²) in [7, 11) is 1.59. The topological polar surface area (TPSA) is 88.4 Å². The van der Waals surface area contributed by atoms with Gasteiger partial charge in [0.2, 0.25) is 0 Å². The van der Waals surface area contributed by atoms with Crippen molar-refractivity contribution in [3.8, 4) is 0 Å². The van der Waals surface area contributed by atoms with E-state index in [1.807, 2.05) is 30.3 Å². The van der Waals surface area contributed by atoms with Crippen LogP contribution in [0.2, 0.25) is 0 Å². The Kier molecular flexibility index (Phi) is 5.52. The number of pyridine rings is 1. The second-order valence-corrected chi connectivity index (χ2v) is 5.76. The second-order valence-electron chi connectivity index (χ2n) is 5.76. The van der Waals surface area contributed by atoms with Gasteiger partial charge in [-0.05, 0) is 25.0 Å². The van der Waals surface area contributed by atoms with E-state index in [0.29, 0.717) is 6.42 Å². The van der Waals surface area contributed by atoms with Gasteiger partial charge < -0.3 is 15.0 Å². The largest absolute Gasteiger partial charge is 0.481 e. The molecule has 0 saturated carbocycles. The summed E-state index contributed by atoms with van der Waals surface area (Å²) in [5.41, 5.74) is 0.808. The summed E-state index contributed by atoms with van der Waals surface area (Å²) in [5.74, 6) is -2.20. The minimum atomic E-state index is -0.976. The van der Waals surface area contributed by atoms with E-state index in [0.717, 1.165) is 5.56 Å². The fourth-order valence-corrected chi connectivity index (χ4v) is 2.43. The van der Waals surface area contributed by atoms with Crippen molar-refractivity contribution in [2.75, 3.05) is 0 Å². The molecule has 0 aliphatic heterocycles. The lowest BCUT2D eigenvalue weighted by atomic mass is 9.93. The average molecular weight is 328 g/mol. The Bertz CT molecular complexity index is 783. The van der Waals surface area contributed by atoms with Gasteiger partial charge in [0.1, 0.15) is 0 Å². The van der Waals surface area contributed by atoms with Crippen LogP contribution < -0.4 is 10.9 Å². The smallest absolute Gasteiger partial charge is 0.308 e. The molecule has 2 N–H and O–H groups in total. The van der Waals surface area contributed by atoms with Gasteiger partial charge in [-0.3, -0.25) is 14.4 Å². The Labute approximate surface area is 139 Å². The first-order valence-corrected chi connectivity index (χ1v) is 7.62. The molecule has 1 aromatic carbocycles. The normalized spacial score (nSPS) is 13.1. The first kappa shape index (κ1) is 17.5. The van der Waals surface area contributed by atoms with E-state index in [-0.39, 0.29) is 11.1 Å². The van der Waals surface area contributed by atoms with E-state index in [2.05, 4.69) is 5.32 Å². The molecule has 6 heteroatoms. The number of amides is 1. The standard InChI is InChI=1S/C18H20N2O4/c1-12(15(18(23)24)10-13-6-4-3-5-7-13)19-17(22)14-8-9-20(2)16(21)11-14/h3-9,11-12,15H,10H2,1-2H3,(H,19,22)(H,23,24). The summed E-state index contributed by atoms with van der Waals surface area (Å²) >= 11 is 0. The van der Waals surface area contributed by atoms with Crippen LogP contribution in [0.4, 0.5) is 0 Å². The van der Waals surface area contributed by atoms with Gasteiger partial charge in [0, 0.05) is 30.9 Å². The highest BCUT2D eigenvalue weighted by Crippen LogP contribution is 2.13. The summed E-state index contributed by atoms with van der Waals surface area (Å²) in [6.45, 7) is 1.65. The second kappa shape index (κ2) is 7.59. The molecule has 0 radical (unpaired) electrons. The van der Waals surface area contributed by atoms with Crippen LogP contribution in [0.5, 0.6) is 0 Å². The number of nitrogens with one attached hydrogen (secondary N) is 1. The molecule has 1 aromatic heterocycles. The predicted molar refractivity (Wildman–Crippen MR) is 89.9 cm³/mol. The third-order valence-electron chi connectivity index (χ3n) is 3.94. The van der Waals surface area contributed by atoms with Gasteiger partial charge in [-0.15, -0.1) is 0 Å². The molecular formula is C18H20N2O4. The highest BCUT2D eigenvalue weighted by Gasteiger charge is 2.26. The Morgan fingerprint density at radius 3 is 2.46 bits per heavy atom. The van der Waals surface area contributed by atoms with Crippen molar-refractivity contribution in [3.63, 3.8) is 0 Å². The van der Waals surface area contributed by atoms with Gasteiger partial charge in [-0.25, -0.2) is 0 Å². The van der Waals surface area contributed by atoms with Gasteiger partial charge in [0.25, 0.3) is 11.5 Å². The van der Waals surface area contributed by atoms with E-state index in [4.69, 9.17) is 0 Å². The van der Waals surface area contributed by atoms with Gasteiger partial charge in [-0.2, -0.15) is 0 Å². The van der Waals surface area contributed by atoms with E-state index >= 15 is 0 Å². The monoisotopic (exact) mass is 328 g/mol. The number of hydrogen-bond acceptors (Lipinski definition) is 3. The highest BCUT2D eigenvalue weighted by atomic mass is 16.4. The van der Waals surface area contributed by atoms with Crippen LogP contribution in [-0.4, -0.2) is 27.6 Å². The minimum absolute atomic E-state index is 0.216.